The zero-order valence-electron chi connectivity index (χ0n) is 19.9. The molecule has 3 aromatic rings. The Morgan fingerprint density at radius 3 is 1.91 bits per heavy atom. The highest BCUT2D eigenvalue weighted by molar-refractivity contribution is 6.80. The number of carbonyl (C=O) groups is 1. The summed E-state index contributed by atoms with van der Waals surface area (Å²) < 4.78 is 7.05. The summed E-state index contributed by atoms with van der Waals surface area (Å²) in [7, 11) is -1.50. The van der Waals surface area contributed by atoms with Gasteiger partial charge in [-0.25, -0.2) is 0 Å². The van der Waals surface area contributed by atoms with Crippen LogP contribution in [0.4, 0.5) is 0 Å². The summed E-state index contributed by atoms with van der Waals surface area (Å²) in [5.41, 5.74) is 1.13. The molecule has 1 aliphatic heterocycles. The molecule has 0 bridgehead atoms. The zero-order chi connectivity index (χ0) is 23.3. The van der Waals surface area contributed by atoms with E-state index in [1.807, 2.05) is 18.2 Å². The molecule has 2 atom stereocenters. The summed E-state index contributed by atoms with van der Waals surface area (Å²) in [6, 6.07) is 31.6. The molecule has 2 unspecified atom stereocenters. The first-order valence-electron chi connectivity index (χ1n) is 11.9. The second-order valence-corrected chi connectivity index (χ2v) is 12.1. The Morgan fingerprint density at radius 1 is 0.879 bits per heavy atom. The monoisotopic (exact) mass is 456 g/mol. The molecule has 4 heteroatoms. The number of piperidine rings is 1. The number of likely N-dealkylation sites (tertiary alicyclic amines) is 1. The van der Waals surface area contributed by atoms with E-state index >= 15 is 0 Å². The number of hydrogen-bond donors (Lipinski definition) is 0. The first-order valence-corrected chi connectivity index (χ1v) is 13.3. The number of Topliss-reactive ketones (excluding diaryl/α,β-unsaturated/α-hetero) is 1. The fourth-order valence-electron chi connectivity index (χ4n) is 4.65. The van der Waals surface area contributed by atoms with Crippen LogP contribution in [-0.4, -0.2) is 38.9 Å². The Labute approximate surface area is 200 Å². The third-order valence-corrected chi connectivity index (χ3v) is 8.53. The molecular weight excluding hydrogens is 422 g/mol. The summed E-state index contributed by atoms with van der Waals surface area (Å²) in [5.74, 6) is 0.205. The third kappa shape index (κ3) is 6.08. The molecule has 1 radical (unpaired) electrons. The standard InChI is InChI=1S/C29H34NO2Si/c1-29(2,3)28(26-22-30(20-19-27(26)31)21-23-13-7-4-8-14-23)32-33(24-15-9-5-10-16-24)25-17-11-6-12-18-25/h4-18,26,28H,19-22H2,1-3H3. The van der Waals surface area contributed by atoms with Crippen molar-refractivity contribution in [3.8, 4) is 0 Å². The second kappa shape index (κ2) is 10.6. The summed E-state index contributed by atoms with van der Waals surface area (Å²) in [5, 5.41) is 2.43. The minimum absolute atomic E-state index is 0.130. The number of ketones is 1. The van der Waals surface area contributed by atoms with Crippen molar-refractivity contribution in [3.05, 3.63) is 96.6 Å². The maximum Gasteiger partial charge on any atom is 0.283 e. The van der Waals surface area contributed by atoms with Crippen LogP contribution in [0.2, 0.25) is 0 Å². The third-order valence-electron chi connectivity index (χ3n) is 6.33. The van der Waals surface area contributed by atoms with E-state index in [-0.39, 0.29) is 17.4 Å². The van der Waals surface area contributed by atoms with Gasteiger partial charge < -0.3 is 4.43 Å². The van der Waals surface area contributed by atoms with Crippen molar-refractivity contribution in [2.45, 2.75) is 39.8 Å². The number of benzene rings is 3. The minimum atomic E-state index is -1.50. The van der Waals surface area contributed by atoms with Crippen LogP contribution in [-0.2, 0) is 15.8 Å². The normalized spacial score (nSPS) is 18.4. The maximum absolute atomic E-state index is 13.2. The minimum Gasteiger partial charge on any atom is -0.403 e. The summed E-state index contributed by atoms with van der Waals surface area (Å²) in [4.78, 5) is 15.7. The number of nitrogens with zero attached hydrogens (tertiary/aromatic N) is 1. The van der Waals surface area contributed by atoms with Crippen LogP contribution in [0.25, 0.3) is 0 Å². The van der Waals surface area contributed by atoms with Gasteiger partial charge in [0, 0.05) is 26.1 Å². The lowest BCUT2D eigenvalue weighted by atomic mass is 9.77. The maximum atomic E-state index is 13.2. The molecule has 1 saturated heterocycles. The molecule has 0 saturated carbocycles. The molecule has 171 valence electrons. The molecule has 0 aromatic heterocycles. The van der Waals surface area contributed by atoms with Gasteiger partial charge in [-0.3, -0.25) is 9.69 Å². The van der Waals surface area contributed by atoms with Crippen LogP contribution in [0.1, 0.15) is 32.8 Å². The number of carbonyl (C=O) groups excluding carboxylic acids is 1. The Bertz CT molecular complexity index is 978. The Morgan fingerprint density at radius 2 is 1.39 bits per heavy atom. The quantitative estimate of drug-likeness (QED) is 0.496. The van der Waals surface area contributed by atoms with Crippen molar-refractivity contribution in [1.82, 2.24) is 4.90 Å². The van der Waals surface area contributed by atoms with E-state index in [0.29, 0.717) is 12.2 Å². The van der Waals surface area contributed by atoms with Crippen LogP contribution in [0.3, 0.4) is 0 Å². The van der Waals surface area contributed by atoms with Crippen LogP contribution in [0, 0.1) is 11.3 Å². The van der Waals surface area contributed by atoms with Crippen molar-refractivity contribution >= 4 is 25.2 Å². The largest absolute Gasteiger partial charge is 0.403 e. The molecule has 0 spiro atoms. The van der Waals surface area contributed by atoms with E-state index in [4.69, 9.17) is 4.43 Å². The molecule has 33 heavy (non-hydrogen) atoms. The predicted octanol–water partition coefficient (Wildman–Crippen LogP) is 4.31. The highest BCUT2D eigenvalue weighted by atomic mass is 28.3. The van der Waals surface area contributed by atoms with Gasteiger partial charge in [-0.05, 0) is 21.4 Å². The van der Waals surface area contributed by atoms with E-state index in [0.717, 1.165) is 19.6 Å². The first kappa shape index (κ1) is 23.6. The van der Waals surface area contributed by atoms with Gasteiger partial charge in [0.25, 0.3) is 9.04 Å². The van der Waals surface area contributed by atoms with Crippen molar-refractivity contribution in [2.24, 2.45) is 11.3 Å². The van der Waals surface area contributed by atoms with Gasteiger partial charge in [-0.15, -0.1) is 0 Å². The van der Waals surface area contributed by atoms with Gasteiger partial charge in [-0.1, -0.05) is 112 Å². The fraction of sp³-hybridized carbons (Fsp3) is 0.345. The van der Waals surface area contributed by atoms with Gasteiger partial charge >= 0.3 is 0 Å². The van der Waals surface area contributed by atoms with Crippen LogP contribution < -0.4 is 10.4 Å². The van der Waals surface area contributed by atoms with E-state index in [2.05, 4.69) is 98.5 Å². The van der Waals surface area contributed by atoms with E-state index < -0.39 is 9.04 Å². The van der Waals surface area contributed by atoms with E-state index in [1.165, 1.54) is 15.9 Å². The van der Waals surface area contributed by atoms with Crippen molar-refractivity contribution in [1.29, 1.82) is 0 Å². The molecule has 1 fully saturated rings. The van der Waals surface area contributed by atoms with Gasteiger partial charge in [0.05, 0.1) is 12.0 Å². The van der Waals surface area contributed by atoms with E-state index in [1.54, 1.807) is 0 Å². The Hall–Kier alpha value is -2.53. The first-order chi connectivity index (χ1) is 15.9. The molecule has 0 aliphatic carbocycles. The lowest BCUT2D eigenvalue weighted by Gasteiger charge is -2.42. The lowest BCUT2D eigenvalue weighted by molar-refractivity contribution is -0.133. The number of hydrogen-bond acceptors (Lipinski definition) is 3. The van der Waals surface area contributed by atoms with Crippen molar-refractivity contribution < 1.29 is 9.22 Å². The topological polar surface area (TPSA) is 29.5 Å². The van der Waals surface area contributed by atoms with Crippen molar-refractivity contribution in [2.75, 3.05) is 13.1 Å². The molecule has 1 aliphatic rings. The summed E-state index contributed by atoms with van der Waals surface area (Å²) in [6.45, 7) is 9.05. The fourth-order valence-corrected chi connectivity index (χ4v) is 7.01. The lowest BCUT2D eigenvalue weighted by Crippen LogP contribution is -2.56. The van der Waals surface area contributed by atoms with Gasteiger partial charge in [-0.2, -0.15) is 0 Å². The van der Waals surface area contributed by atoms with E-state index in [9.17, 15) is 4.79 Å². The smallest absolute Gasteiger partial charge is 0.283 e. The molecule has 4 rings (SSSR count). The zero-order valence-corrected chi connectivity index (χ0v) is 20.9. The van der Waals surface area contributed by atoms with Crippen LogP contribution in [0.5, 0.6) is 0 Å². The van der Waals surface area contributed by atoms with Gasteiger partial charge in [0.1, 0.15) is 5.78 Å². The summed E-state index contributed by atoms with van der Waals surface area (Å²) >= 11 is 0. The molecule has 3 aromatic carbocycles. The Kier molecular flexibility index (Phi) is 7.59. The SMILES string of the molecule is CC(C)(C)C(O[Si](c1ccccc1)c1ccccc1)C1CN(Cc2ccccc2)CCC1=O. The molecule has 0 N–H and O–H groups in total. The highest BCUT2D eigenvalue weighted by Crippen LogP contribution is 2.33. The van der Waals surface area contributed by atoms with Gasteiger partial charge in [0.15, 0.2) is 0 Å². The molecule has 1 heterocycles. The summed E-state index contributed by atoms with van der Waals surface area (Å²) in [6.07, 6.45) is 0.435. The molecule has 0 amide bonds. The predicted molar refractivity (Wildman–Crippen MR) is 137 cm³/mol. The highest BCUT2D eigenvalue weighted by Gasteiger charge is 2.42. The Balaban J connectivity index is 1.61. The van der Waals surface area contributed by atoms with Crippen molar-refractivity contribution in [3.63, 3.8) is 0 Å². The average Bonchev–Trinajstić information content (AvgIpc) is 2.82. The number of rotatable bonds is 7. The molecular formula is C29H34NO2Si. The second-order valence-electron chi connectivity index (χ2n) is 10.0. The average molecular weight is 457 g/mol. The van der Waals surface area contributed by atoms with Crippen LogP contribution >= 0.6 is 0 Å². The van der Waals surface area contributed by atoms with Gasteiger partial charge in [0.2, 0.25) is 0 Å². The molecule has 3 nitrogen and oxygen atoms in total. The van der Waals surface area contributed by atoms with Crippen LogP contribution in [0.15, 0.2) is 91.0 Å².